The lowest BCUT2D eigenvalue weighted by molar-refractivity contribution is -0.137. The van der Waals surface area contributed by atoms with Crippen LogP contribution in [0.5, 0.6) is 0 Å². The van der Waals surface area contributed by atoms with Crippen LogP contribution in [-0.2, 0) is 40.0 Å². The second-order valence-electron chi connectivity index (χ2n) is 7.47. The lowest BCUT2D eigenvalue weighted by Gasteiger charge is -2.20. The summed E-state index contributed by atoms with van der Waals surface area (Å²) in [6.45, 7) is -2.13. The number of primary amides is 1. The van der Waals surface area contributed by atoms with Crippen molar-refractivity contribution in [3.8, 4) is 0 Å². The van der Waals surface area contributed by atoms with Gasteiger partial charge in [-0.15, -0.1) is 0 Å². The van der Waals surface area contributed by atoms with E-state index in [1.807, 2.05) is 5.32 Å². The van der Waals surface area contributed by atoms with E-state index in [1.165, 1.54) is 0 Å². The minimum Gasteiger partial charge on any atom is -0.480 e. The van der Waals surface area contributed by atoms with Gasteiger partial charge in [-0.05, 0) is 5.56 Å². The van der Waals surface area contributed by atoms with Gasteiger partial charge in [0.05, 0.1) is 32.1 Å². The fraction of sp³-hybridized carbons (Fsp3) is 0.381. The van der Waals surface area contributed by atoms with Crippen molar-refractivity contribution in [3.63, 3.8) is 0 Å². The van der Waals surface area contributed by atoms with Crippen LogP contribution in [0.2, 0.25) is 0 Å². The Morgan fingerprint density at radius 1 is 0.750 bits per heavy atom. The van der Waals surface area contributed by atoms with Crippen LogP contribution in [0, 0.1) is 0 Å². The number of nitrogens with two attached hydrogens (primary N) is 2. The average Bonchev–Trinajstić information content (AvgIpc) is 2.83. The Labute approximate surface area is 205 Å². The van der Waals surface area contributed by atoms with Gasteiger partial charge in [0.2, 0.25) is 35.4 Å². The highest BCUT2D eigenvalue weighted by Crippen LogP contribution is 2.04. The number of benzene rings is 1. The van der Waals surface area contributed by atoms with E-state index in [0.29, 0.717) is 5.56 Å². The van der Waals surface area contributed by atoms with Gasteiger partial charge in [-0.1, -0.05) is 30.3 Å². The Kier molecular flexibility index (Phi) is 12.6. The molecule has 1 aromatic rings. The second-order valence-corrected chi connectivity index (χ2v) is 7.47. The fourth-order valence-electron chi connectivity index (χ4n) is 2.66. The third-order valence-corrected chi connectivity index (χ3v) is 4.43. The van der Waals surface area contributed by atoms with Crippen LogP contribution in [0.3, 0.4) is 0 Å². The molecule has 0 spiro atoms. The summed E-state index contributed by atoms with van der Waals surface area (Å²) in [6.07, 6.45) is -0.354. The van der Waals surface area contributed by atoms with Gasteiger partial charge in [0, 0.05) is 6.42 Å². The van der Waals surface area contributed by atoms with Gasteiger partial charge in [0.25, 0.3) is 0 Å². The predicted molar refractivity (Wildman–Crippen MR) is 124 cm³/mol. The van der Waals surface area contributed by atoms with E-state index >= 15 is 0 Å². The monoisotopic (exact) mass is 507 g/mol. The Morgan fingerprint density at radius 3 is 1.75 bits per heavy atom. The van der Waals surface area contributed by atoms with Crippen LogP contribution in [0.1, 0.15) is 12.0 Å². The standard InChI is InChI=1S/C21H29N7O8/c22-13(7-15(23)29)20(35)28-14(6-12-4-2-1-3-5-12)21(36)27-10-18(32)25-8-16(30)24-9-17(31)26-11-19(33)34/h1-5,13-14H,6-11,22H2,(H2,23,29)(H,24,30)(H,25,32)(H,26,31)(H,27,36)(H,28,35)(H,33,34)/t13-,14-/m0/s1. The van der Waals surface area contributed by atoms with Gasteiger partial charge in [-0.3, -0.25) is 33.6 Å². The maximum atomic E-state index is 12.7. The van der Waals surface area contributed by atoms with Gasteiger partial charge in [0.15, 0.2) is 0 Å². The molecule has 0 unspecified atom stereocenters. The number of carboxylic acids is 1. The molecule has 15 heteroatoms. The lowest BCUT2D eigenvalue weighted by Crippen LogP contribution is -2.54. The predicted octanol–water partition coefficient (Wildman–Crippen LogP) is -4.53. The topological polar surface area (TPSA) is 252 Å². The molecule has 0 saturated carbocycles. The molecule has 10 N–H and O–H groups in total. The van der Waals surface area contributed by atoms with E-state index in [0.717, 1.165) is 0 Å². The molecule has 1 rings (SSSR count). The molecule has 0 heterocycles. The largest absolute Gasteiger partial charge is 0.480 e. The first-order chi connectivity index (χ1) is 17.0. The van der Waals surface area contributed by atoms with E-state index < -0.39 is 86.1 Å². The molecule has 0 aliphatic carbocycles. The Morgan fingerprint density at radius 2 is 1.25 bits per heavy atom. The number of rotatable bonds is 15. The molecule has 0 aliphatic rings. The highest BCUT2D eigenvalue weighted by molar-refractivity contribution is 5.94. The SMILES string of the molecule is NC(=O)C[C@H](N)C(=O)N[C@@H](Cc1ccccc1)C(=O)NCC(=O)NCC(=O)NCC(=O)NCC(=O)O. The van der Waals surface area contributed by atoms with E-state index in [-0.39, 0.29) is 6.42 Å². The Hall–Kier alpha value is -4.53. The minimum atomic E-state index is -1.26. The molecular formula is C21H29N7O8. The van der Waals surface area contributed by atoms with Crippen LogP contribution < -0.4 is 38.1 Å². The van der Waals surface area contributed by atoms with Gasteiger partial charge in [-0.2, -0.15) is 0 Å². The summed E-state index contributed by atoms with van der Waals surface area (Å²) in [6, 6.07) is 6.30. The maximum absolute atomic E-state index is 12.7. The number of nitrogens with one attached hydrogen (secondary N) is 5. The summed E-state index contributed by atoms with van der Waals surface area (Å²) in [4.78, 5) is 81.3. The zero-order valence-electron chi connectivity index (χ0n) is 19.2. The lowest BCUT2D eigenvalue weighted by atomic mass is 10.0. The molecule has 0 fully saturated rings. The summed E-state index contributed by atoms with van der Waals surface area (Å²) in [5, 5.41) is 19.7. The van der Waals surface area contributed by atoms with Gasteiger partial charge < -0.3 is 43.2 Å². The molecular weight excluding hydrogens is 478 g/mol. The number of carboxylic acid groups (broad SMARTS) is 1. The molecule has 0 aliphatic heterocycles. The molecule has 2 atom stereocenters. The highest BCUT2D eigenvalue weighted by atomic mass is 16.4. The summed E-state index contributed by atoms with van der Waals surface area (Å²) in [5.74, 6) is -5.72. The molecule has 0 radical (unpaired) electrons. The first-order valence-electron chi connectivity index (χ1n) is 10.7. The van der Waals surface area contributed by atoms with Crippen LogP contribution >= 0.6 is 0 Å². The summed E-state index contributed by atoms with van der Waals surface area (Å²) in [5.41, 5.74) is 11.4. The van der Waals surface area contributed by atoms with Crippen LogP contribution in [-0.4, -0.2) is 84.8 Å². The van der Waals surface area contributed by atoms with Crippen molar-refractivity contribution in [2.45, 2.75) is 24.9 Å². The first-order valence-corrected chi connectivity index (χ1v) is 10.7. The minimum absolute atomic E-state index is 0.0652. The fourth-order valence-corrected chi connectivity index (χ4v) is 2.66. The molecule has 0 bridgehead atoms. The Balaban J connectivity index is 2.56. The number of amides is 6. The number of aliphatic carboxylic acids is 1. The van der Waals surface area contributed by atoms with Crippen LogP contribution in [0.15, 0.2) is 30.3 Å². The van der Waals surface area contributed by atoms with E-state index in [4.69, 9.17) is 16.6 Å². The highest BCUT2D eigenvalue weighted by Gasteiger charge is 2.25. The van der Waals surface area contributed by atoms with Gasteiger partial charge in [-0.25, -0.2) is 0 Å². The molecule has 36 heavy (non-hydrogen) atoms. The molecule has 0 saturated heterocycles. The zero-order valence-corrected chi connectivity index (χ0v) is 19.2. The van der Waals surface area contributed by atoms with Crippen molar-refractivity contribution in [1.29, 1.82) is 0 Å². The van der Waals surface area contributed by atoms with Crippen molar-refractivity contribution in [2.75, 3.05) is 26.2 Å². The summed E-state index contributed by atoms with van der Waals surface area (Å²) in [7, 11) is 0. The van der Waals surface area contributed by atoms with Crippen molar-refractivity contribution in [3.05, 3.63) is 35.9 Å². The Bertz CT molecular complexity index is 970. The first kappa shape index (κ1) is 29.5. The number of carbonyl (C=O) groups excluding carboxylic acids is 6. The smallest absolute Gasteiger partial charge is 0.322 e. The normalized spacial score (nSPS) is 11.8. The van der Waals surface area contributed by atoms with E-state index in [9.17, 15) is 33.6 Å². The second kappa shape index (κ2) is 15.4. The van der Waals surface area contributed by atoms with Gasteiger partial charge >= 0.3 is 5.97 Å². The zero-order chi connectivity index (χ0) is 27.1. The van der Waals surface area contributed by atoms with Crippen molar-refractivity contribution in [1.82, 2.24) is 26.6 Å². The third kappa shape index (κ3) is 12.6. The molecule has 0 aromatic heterocycles. The van der Waals surface area contributed by atoms with Gasteiger partial charge in [0.1, 0.15) is 12.6 Å². The molecule has 196 valence electrons. The average molecular weight is 508 g/mol. The van der Waals surface area contributed by atoms with Crippen LogP contribution in [0.4, 0.5) is 0 Å². The maximum Gasteiger partial charge on any atom is 0.322 e. The molecule has 15 nitrogen and oxygen atoms in total. The number of hydrogen-bond donors (Lipinski definition) is 8. The number of hydrogen-bond acceptors (Lipinski definition) is 8. The van der Waals surface area contributed by atoms with Crippen LogP contribution in [0.25, 0.3) is 0 Å². The summed E-state index contributed by atoms with van der Waals surface area (Å²) < 4.78 is 0. The van der Waals surface area contributed by atoms with Crippen molar-refractivity contribution in [2.24, 2.45) is 11.5 Å². The van der Waals surface area contributed by atoms with E-state index in [1.54, 1.807) is 30.3 Å². The van der Waals surface area contributed by atoms with Crippen molar-refractivity contribution >= 4 is 41.4 Å². The molecule has 6 amide bonds. The summed E-state index contributed by atoms with van der Waals surface area (Å²) >= 11 is 0. The van der Waals surface area contributed by atoms with Crippen molar-refractivity contribution < 1.29 is 38.7 Å². The van der Waals surface area contributed by atoms with E-state index in [2.05, 4.69) is 21.3 Å². The quantitative estimate of drug-likeness (QED) is 0.114. The third-order valence-electron chi connectivity index (χ3n) is 4.43. The molecule has 1 aromatic carbocycles. The number of carbonyl (C=O) groups is 7.